The molecule has 6 aromatic rings. The van der Waals surface area contributed by atoms with Crippen LogP contribution in [0.25, 0.3) is 0 Å². The van der Waals surface area contributed by atoms with Gasteiger partial charge in [-0.15, -0.1) is 10.6 Å². The molecule has 0 nitrogen and oxygen atoms in total. The van der Waals surface area contributed by atoms with Gasteiger partial charge in [-0.2, -0.15) is 24.3 Å². The number of benzene rings is 4. The number of hydrogen-bond acceptors (Lipinski definition) is 0. The Morgan fingerprint density at radius 3 is 1.59 bits per heavy atom. The van der Waals surface area contributed by atoms with Gasteiger partial charge in [0.1, 0.15) is 0 Å². The zero-order valence-corrected chi connectivity index (χ0v) is 24.9. The van der Waals surface area contributed by atoms with Gasteiger partial charge in [-0.1, -0.05) is 130 Å². The van der Waals surface area contributed by atoms with Crippen LogP contribution in [-0.4, -0.2) is 0 Å². The van der Waals surface area contributed by atoms with E-state index in [1.165, 1.54) is 37.4 Å². The Labute approximate surface area is 246 Å². The predicted octanol–water partition coefficient (Wildman–Crippen LogP) is 6.89. The Morgan fingerprint density at radius 1 is 0.564 bits per heavy atom. The first-order chi connectivity index (χ1) is 18.9. The van der Waals surface area contributed by atoms with Gasteiger partial charge in [-0.25, -0.2) is 24.3 Å². The third-order valence-electron chi connectivity index (χ3n) is 6.46. The van der Waals surface area contributed by atoms with Crippen LogP contribution < -0.4 is 31.8 Å². The van der Waals surface area contributed by atoms with E-state index in [9.17, 15) is 0 Å². The van der Waals surface area contributed by atoms with Crippen molar-refractivity contribution in [1.82, 2.24) is 0 Å². The minimum Gasteiger partial charge on any atom is -0.214 e. The topological polar surface area (TPSA) is 0 Å². The zero-order valence-electron chi connectivity index (χ0n) is 22.0. The minimum absolute atomic E-state index is 0. The normalized spacial score (nSPS) is 11.2. The Balaban J connectivity index is 0.000000530. The van der Waals surface area contributed by atoms with Crippen LogP contribution >= 0.6 is 15.8 Å². The molecule has 0 amide bonds. The van der Waals surface area contributed by atoms with Crippen LogP contribution in [0, 0.1) is 0 Å². The van der Waals surface area contributed by atoms with Crippen molar-refractivity contribution in [2.45, 2.75) is 13.3 Å². The fraction of sp³-hybridized carbons (Fsp3) is 0.0556. The van der Waals surface area contributed by atoms with Crippen LogP contribution in [0.3, 0.4) is 0 Å². The van der Waals surface area contributed by atoms with E-state index in [0.717, 1.165) is 6.42 Å². The summed E-state index contributed by atoms with van der Waals surface area (Å²) < 4.78 is 0. The molecule has 0 radical (unpaired) electrons. The molecule has 0 saturated carbocycles. The summed E-state index contributed by atoms with van der Waals surface area (Å²) in [6.07, 6.45) is 1.05. The van der Waals surface area contributed by atoms with E-state index in [-0.39, 0.29) is 17.1 Å². The predicted molar refractivity (Wildman–Crippen MR) is 171 cm³/mol. The van der Waals surface area contributed by atoms with E-state index < -0.39 is 15.8 Å². The molecule has 0 aliphatic rings. The summed E-state index contributed by atoms with van der Waals surface area (Å²) in [4.78, 5) is 0. The summed E-state index contributed by atoms with van der Waals surface area (Å²) in [6.45, 7) is 2.27. The molecule has 0 aliphatic heterocycles. The van der Waals surface area contributed by atoms with Crippen molar-refractivity contribution >= 4 is 47.7 Å². The zero-order chi connectivity index (χ0) is 26.0. The van der Waals surface area contributed by atoms with E-state index in [2.05, 4.69) is 140 Å². The van der Waals surface area contributed by atoms with Crippen molar-refractivity contribution in [3.63, 3.8) is 0 Å². The molecule has 194 valence electrons. The smallest absolute Gasteiger partial charge is 0.214 e. The van der Waals surface area contributed by atoms with Gasteiger partial charge < -0.3 is 0 Å². The largest absolute Gasteiger partial charge is 2.00 e. The SMILES string of the molecule is CCc1ccccc1P(c1ccccc1)c1ccc[c-]1P(c1ccccc1)c1ccccc1.[Fe+2].c1cc[cH-]c1. The van der Waals surface area contributed by atoms with E-state index in [0.29, 0.717) is 0 Å². The van der Waals surface area contributed by atoms with Gasteiger partial charge in [0.2, 0.25) is 0 Å². The van der Waals surface area contributed by atoms with Gasteiger partial charge in [0, 0.05) is 0 Å². The number of hydrogen-bond donors (Lipinski definition) is 0. The molecule has 0 heterocycles. The fourth-order valence-electron chi connectivity index (χ4n) is 4.69. The number of aryl methyl sites for hydroxylation is 1. The van der Waals surface area contributed by atoms with E-state index >= 15 is 0 Å². The number of rotatable bonds is 7. The fourth-order valence-corrected chi connectivity index (χ4v) is 10.2. The summed E-state index contributed by atoms with van der Waals surface area (Å²) >= 11 is 0. The van der Waals surface area contributed by atoms with Gasteiger partial charge in [0.05, 0.1) is 0 Å². The van der Waals surface area contributed by atoms with Crippen LogP contribution in [0.2, 0.25) is 0 Å². The molecule has 1 atom stereocenters. The molecule has 3 heteroatoms. The second kappa shape index (κ2) is 14.9. The summed E-state index contributed by atoms with van der Waals surface area (Å²) in [5.41, 5.74) is 1.45. The van der Waals surface area contributed by atoms with Gasteiger partial charge in [-0.05, 0) is 41.1 Å². The van der Waals surface area contributed by atoms with E-state index in [1.807, 2.05) is 30.3 Å². The van der Waals surface area contributed by atoms with Gasteiger partial charge in [0.25, 0.3) is 0 Å². The maximum absolute atomic E-state index is 2.38. The maximum atomic E-state index is 2.38. The molecule has 0 aromatic heterocycles. The maximum Gasteiger partial charge on any atom is 2.00 e. The van der Waals surface area contributed by atoms with Gasteiger partial charge in [-0.3, -0.25) is 0 Å². The molecule has 0 spiro atoms. The quantitative estimate of drug-likeness (QED) is 0.109. The first-order valence-electron chi connectivity index (χ1n) is 13.1. The molecule has 0 aliphatic carbocycles. The Morgan fingerprint density at radius 2 is 1.08 bits per heavy atom. The van der Waals surface area contributed by atoms with Crippen LogP contribution in [0.5, 0.6) is 0 Å². The van der Waals surface area contributed by atoms with Crippen molar-refractivity contribution < 1.29 is 17.1 Å². The van der Waals surface area contributed by atoms with Crippen LogP contribution in [-0.2, 0) is 23.5 Å². The molecule has 1 unspecified atom stereocenters. The Bertz CT molecular complexity index is 1430. The van der Waals surface area contributed by atoms with Crippen molar-refractivity contribution in [2.24, 2.45) is 0 Å². The van der Waals surface area contributed by atoms with Crippen LogP contribution in [0.1, 0.15) is 12.5 Å². The summed E-state index contributed by atoms with van der Waals surface area (Å²) in [5, 5.41) is 8.65. The molecule has 39 heavy (non-hydrogen) atoms. The van der Waals surface area contributed by atoms with Gasteiger partial charge >= 0.3 is 17.1 Å². The average Bonchev–Trinajstić information content (AvgIpc) is 3.72. The molecule has 0 bridgehead atoms. The first-order valence-corrected chi connectivity index (χ1v) is 15.8. The van der Waals surface area contributed by atoms with Crippen molar-refractivity contribution in [3.05, 3.63) is 169 Å². The monoisotopic (exact) mass is 582 g/mol. The molecular weight excluding hydrogens is 550 g/mol. The van der Waals surface area contributed by atoms with Gasteiger partial charge in [0.15, 0.2) is 0 Å². The van der Waals surface area contributed by atoms with Crippen molar-refractivity contribution in [3.8, 4) is 0 Å². The molecule has 6 rings (SSSR count). The average molecular weight is 582 g/mol. The molecule has 6 aromatic carbocycles. The van der Waals surface area contributed by atoms with E-state index in [1.54, 1.807) is 0 Å². The van der Waals surface area contributed by atoms with Crippen molar-refractivity contribution in [1.29, 1.82) is 0 Å². The summed E-state index contributed by atoms with van der Waals surface area (Å²) in [6, 6.07) is 59.2. The molecule has 0 saturated heterocycles. The van der Waals surface area contributed by atoms with Crippen LogP contribution in [0.15, 0.2) is 164 Å². The molecule has 0 N–H and O–H groups in total. The Hall–Kier alpha value is -3.04. The molecule has 0 fully saturated rings. The van der Waals surface area contributed by atoms with Crippen LogP contribution in [0.4, 0.5) is 0 Å². The third kappa shape index (κ3) is 7.13. The second-order valence-corrected chi connectivity index (χ2v) is 13.3. The second-order valence-electron chi connectivity index (χ2n) is 8.92. The summed E-state index contributed by atoms with van der Waals surface area (Å²) in [7, 11) is -1.29. The Kier molecular flexibility index (Phi) is 11.1. The minimum atomic E-state index is -0.653. The third-order valence-corrected chi connectivity index (χ3v) is 11.7. The standard InChI is InChI=1S/C31H27P2.C5H5.Fe/c1-2-25-15-12-13-22-29(25)33(28-20-10-5-11-21-28)31-24-14-23-30(31)32(26-16-6-3-7-17-26)27-18-8-4-9-19-27;1-2-4-5-3-1;/h3-24H,2H2,1H3;1-5H;/q2*-1;+2. The van der Waals surface area contributed by atoms with E-state index in [4.69, 9.17) is 0 Å². The van der Waals surface area contributed by atoms with Crippen molar-refractivity contribution in [2.75, 3.05) is 0 Å². The summed E-state index contributed by atoms with van der Waals surface area (Å²) in [5.74, 6) is 0. The molecular formula is C36H32FeP2. The first kappa shape index (κ1) is 29.0.